The Kier molecular flexibility index (Phi) is 37.2. The summed E-state index contributed by atoms with van der Waals surface area (Å²) in [5, 5.41) is 0. The second kappa shape index (κ2) is 39.6. The molecular weight excluding hydrogens is 636 g/mol. The van der Waals surface area contributed by atoms with Crippen molar-refractivity contribution in [3.8, 4) is 0 Å². The number of ether oxygens (including phenoxy) is 3. The summed E-state index contributed by atoms with van der Waals surface area (Å²) in [6, 6.07) is 0. The van der Waals surface area contributed by atoms with E-state index in [0.29, 0.717) is 12.8 Å². The van der Waals surface area contributed by atoms with Crippen molar-refractivity contribution in [2.24, 2.45) is 0 Å². The minimum atomic E-state index is -0.826. The summed E-state index contributed by atoms with van der Waals surface area (Å²) in [6.45, 7) is 6.28. The van der Waals surface area contributed by atoms with Crippen molar-refractivity contribution in [3.05, 3.63) is 72.9 Å². The van der Waals surface area contributed by atoms with E-state index in [2.05, 4.69) is 81.5 Å². The Morgan fingerprint density at radius 2 is 0.922 bits per heavy atom. The van der Waals surface area contributed by atoms with Gasteiger partial charge >= 0.3 is 17.9 Å². The maximum atomic E-state index is 12.6. The number of unbranched alkanes of at least 4 members (excludes halogenated alkanes) is 14. The van der Waals surface area contributed by atoms with Gasteiger partial charge in [-0.25, -0.2) is 0 Å². The maximum Gasteiger partial charge on any atom is 0.309 e. The van der Waals surface area contributed by atoms with Gasteiger partial charge in [0.2, 0.25) is 0 Å². The molecule has 0 aromatic carbocycles. The summed E-state index contributed by atoms with van der Waals surface area (Å²) < 4.78 is 16.5. The summed E-state index contributed by atoms with van der Waals surface area (Å²) in [5.74, 6) is -1.11. The quantitative estimate of drug-likeness (QED) is 0.0214. The zero-order chi connectivity index (χ0) is 37.3. The SMILES string of the molecule is CC/C=C\C/C=C\C/C=C\CC(=O)OCC(COC(=O)CCCCC/C=C\CCCCCCCC)OC(=O)CCCCC/C=C\C=C/CCCC. The number of carbonyl (C=O) groups excluding carboxylic acids is 3. The van der Waals surface area contributed by atoms with Crippen molar-refractivity contribution in [2.45, 2.75) is 181 Å². The highest BCUT2D eigenvalue weighted by atomic mass is 16.6. The molecule has 0 radical (unpaired) electrons. The minimum absolute atomic E-state index is 0.122. The van der Waals surface area contributed by atoms with Gasteiger partial charge in [-0.2, -0.15) is 0 Å². The molecule has 290 valence electrons. The van der Waals surface area contributed by atoms with E-state index < -0.39 is 12.1 Å². The lowest BCUT2D eigenvalue weighted by Gasteiger charge is -2.18. The number of hydrogen-bond acceptors (Lipinski definition) is 6. The molecule has 6 heteroatoms. The second-order valence-corrected chi connectivity index (χ2v) is 13.2. The molecule has 0 rings (SSSR count). The zero-order valence-corrected chi connectivity index (χ0v) is 32.8. The fraction of sp³-hybridized carbons (Fsp3) is 0.667. The lowest BCUT2D eigenvalue weighted by molar-refractivity contribution is -0.166. The van der Waals surface area contributed by atoms with Crippen LogP contribution in [0, 0.1) is 0 Å². The van der Waals surface area contributed by atoms with Gasteiger partial charge in [0.25, 0.3) is 0 Å². The maximum absolute atomic E-state index is 12.6. The Morgan fingerprint density at radius 1 is 0.451 bits per heavy atom. The van der Waals surface area contributed by atoms with Crippen molar-refractivity contribution < 1.29 is 28.6 Å². The second-order valence-electron chi connectivity index (χ2n) is 13.2. The van der Waals surface area contributed by atoms with E-state index in [1.807, 2.05) is 6.08 Å². The fourth-order valence-electron chi connectivity index (χ4n) is 5.12. The van der Waals surface area contributed by atoms with E-state index >= 15 is 0 Å². The highest BCUT2D eigenvalue weighted by molar-refractivity contribution is 5.72. The first-order chi connectivity index (χ1) is 25.0. The molecule has 0 saturated carbocycles. The summed E-state index contributed by atoms with van der Waals surface area (Å²) in [5.41, 5.74) is 0. The van der Waals surface area contributed by atoms with Crippen molar-refractivity contribution in [1.29, 1.82) is 0 Å². The molecule has 0 heterocycles. The normalized spacial score (nSPS) is 12.8. The lowest BCUT2D eigenvalue weighted by atomic mass is 10.1. The molecule has 0 aliphatic rings. The van der Waals surface area contributed by atoms with Gasteiger partial charge in [-0.3, -0.25) is 14.4 Å². The van der Waals surface area contributed by atoms with Gasteiger partial charge in [0.1, 0.15) is 13.2 Å². The average molecular weight is 711 g/mol. The number of carbonyl (C=O) groups is 3. The molecule has 51 heavy (non-hydrogen) atoms. The predicted octanol–water partition coefficient (Wildman–Crippen LogP) is 12.7. The van der Waals surface area contributed by atoms with E-state index in [1.54, 1.807) is 6.08 Å². The molecule has 0 aromatic rings. The molecule has 0 aromatic heterocycles. The summed E-state index contributed by atoms with van der Waals surface area (Å²) in [4.78, 5) is 37.4. The Morgan fingerprint density at radius 3 is 1.53 bits per heavy atom. The first-order valence-corrected chi connectivity index (χ1v) is 20.5. The largest absolute Gasteiger partial charge is 0.462 e. The van der Waals surface area contributed by atoms with Crippen LogP contribution in [0.25, 0.3) is 0 Å². The Bertz CT molecular complexity index is 1000. The van der Waals surface area contributed by atoms with Crippen LogP contribution in [0.3, 0.4) is 0 Å². The Labute approximate surface area is 312 Å². The summed E-state index contributed by atoms with van der Waals surface area (Å²) >= 11 is 0. The fourth-order valence-corrected chi connectivity index (χ4v) is 5.12. The Hall–Kier alpha value is -3.15. The van der Waals surface area contributed by atoms with E-state index in [1.165, 1.54) is 51.4 Å². The number of rotatable bonds is 35. The van der Waals surface area contributed by atoms with Crippen LogP contribution in [-0.2, 0) is 28.6 Å². The number of allylic oxidation sites excluding steroid dienone is 11. The van der Waals surface area contributed by atoms with Crippen LogP contribution in [0.1, 0.15) is 175 Å². The summed E-state index contributed by atoms with van der Waals surface area (Å²) in [7, 11) is 0. The smallest absolute Gasteiger partial charge is 0.309 e. The first kappa shape index (κ1) is 47.8. The van der Waals surface area contributed by atoms with Gasteiger partial charge in [-0.15, -0.1) is 0 Å². The van der Waals surface area contributed by atoms with Gasteiger partial charge in [0.05, 0.1) is 6.42 Å². The van der Waals surface area contributed by atoms with Gasteiger partial charge < -0.3 is 14.2 Å². The van der Waals surface area contributed by atoms with Crippen LogP contribution in [0.15, 0.2) is 72.9 Å². The van der Waals surface area contributed by atoms with Crippen LogP contribution < -0.4 is 0 Å². The standard InChI is InChI=1S/C45H74O6/c1-4-7-10-13-16-19-21-22-24-26-29-32-35-38-44(47)50-41-42(40-49-43(46)37-34-31-28-25-18-15-12-9-6-3)51-45(48)39-36-33-30-27-23-20-17-14-11-8-5-2/h9,12,14,17-18,20,22-25,31,34,42H,4-8,10-11,13,15-16,19,21,26-30,32-33,35-41H2,1-3H3/b12-9-,17-14-,23-20-,24-22-,25-18-,34-31-. The molecule has 0 fully saturated rings. The summed E-state index contributed by atoms with van der Waals surface area (Å²) in [6.07, 6.45) is 47.8. The average Bonchev–Trinajstić information content (AvgIpc) is 3.12. The van der Waals surface area contributed by atoms with Crippen LogP contribution >= 0.6 is 0 Å². The van der Waals surface area contributed by atoms with Gasteiger partial charge in [0, 0.05) is 12.8 Å². The van der Waals surface area contributed by atoms with Gasteiger partial charge in [0.15, 0.2) is 6.10 Å². The molecular formula is C45H74O6. The topological polar surface area (TPSA) is 78.9 Å². The molecule has 0 N–H and O–H groups in total. The van der Waals surface area contributed by atoms with Crippen LogP contribution in [0.5, 0.6) is 0 Å². The van der Waals surface area contributed by atoms with Crippen LogP contribution in [-0.4, -0.2) is 37.2 Å². The third-order valence-corrected chi connectivity index (χ3v) is 8.23. The number of esters is 3. The third-order valence-electron chi connectivity index (χ3n) is 8.23. The van der Waals surface area contributed by atoms with Crippen molar-refractivity contribution in [2.75, 3.05) is 13.2 Å². The number of hydrogen-bond donors (Lipinski definition) is 0. The monoisotopic (exact) mass is 711 g/mol. The van der Waals surface area contributed by atoms with Crippen molar-refractivity contribution in [1.82, 2.24) is 0 Å². The highest BCUT2D eigenvalue weighted by Crippen LogP contribution is 2.11. The van der Waals surface area contributed by atoms with E-state index in [0.717, 1.165) is 77.0 Å². The molecule has 1 unspecified atom stereocenters. The molecule has 0 aliphatic heterocycles. The van der Waals surface area contributed by atoms with Crippen LogP contribution in [0.2, 0.25) is 0 Å². The van der Waals surface area contributed by atoms with E-state index in [9.17, 15) is 14.4 Å². The highest BCUT2D eigenvalue weighted by Gasteiger charge is 2.19. The zero-order valence-electron chi connectivity index (χ0n) is 32.8. The predicted molar refractivity (Wildman–Crippen MR) is 214 cm³/mol. The molecule has 0 saturated heterocycles. The molecule has 0 amide bonds. The Balaban J connectivity index is 4.52. The molecule has 6 nitrogen and oxygen atoms in total. The van der Waals surface area contributed by atoms with E-state index in [4.69, 9.17) is 14.2 Å². The lowest BCUT2D eigenvalue weighted by Crippen LogP contribution is -2.30. The van der Waals surface area contributed by atoms with Gasteiger partial charge in [-0.1, -0.05) is 151 Å². The van der Waals surface area contributed by atoms with Crippen LogP contribution in [0.4, 0.5) is 0 Å². The minimum Gasteiger partial charge on any atom is -0.462 e. The molecule has 0 aliphatic carbocycles. The van der Waals surface area contributed by atoms with Crippen molar-refractivity contribution in [3.63, 3.8) is 0 Å². The molecule has 0 bridgehead atoms. The third kappa shape index (κ3) is 37.9. The van der Waals surface area contributed by atoms with Crippen molar-refractivity contribution >= 4 is 17.9 Å². The molecule has 1 atom stereocenters. The van der Waals surface area contributed by atoms with E-state index in [-0.39, 0.29) is 38.0 Å². The molecule has 0 spiro atoms. The first-order valence-electron chi connectivity index (χ1n) is 20.5. The van der Waals surface area contributed by atoms with Gasteiger partial charge in [-0.05, 0) is 77.0 Å².